The average molecular weight is 457 g/mol. The maximum absolute atomic E-state index is 13.5. The van der Waals surface area contributed by atoms with Crippen molar-refractivity contribution < 1.29 is 48.0 Å². The predicted octanol–water partition coefficient (Wildman–Crippen LogP) is 4.40. The molecule has 0 aliphatic rings. The molecule has 0 aromatic rings. The first-order valence-corrected chi connectivity index (χ1v) is 13.1. The van der Waals surface area contributed by atoms with Gasteiger partial charge in [-0.05, 0) is 24.7 Å². The van der Waals surface area contributed by atoms with Gasteiger partial charge in [0.15, 0.2) is 0 Å². The third-order valence-corrected chi connectivity index (χ3v) is 6.60. The molecular formula is C23H46LiO6P. The molecule has 0 saturated carbocycles. The first kappa shape index (κ1) is 33.1. The Kier molecular flexibility index (Phi) is 20.7. The fourth-order valence-electron chi connectivity index (χ4n) is 2.86. The van der Waals surface area contributed by atoms with Crippen molar-refractivity contribution in [3.05, 3.63) is 12.7 Å². The molecular weight excluding hydrogens is 410 g/mol. The number of esters is 1. The van der Waals surface area contributed by atoms with Crippen LogP contribution in [0.4, 0.5) is 0 Å². The van der Waals surface area contributed by atoms with Gasteiger partial charge >= 0.3 is 32.7 Å². The van der Waals surface area contributed by atoms with Crippen molar-refractivity contribution in [2.45, 2.75) is 99.2 Å². The zero-order valence-electron chi connectivity index (χ0n) is 22.1. The van der Waals surface area contributed by atoms with Crippen LogP contribution in [0.15, 0.2) is 12.7 Å². The SMILES string of the molecule is C=CC(=O)OC(OP(=O)(OCC(CC)CCCC)OCC(CC)CCCC)C(C)C.[H-].[Li+]. The smallest absolute Gasteiger partial charge is 1.00 e. The molecule has 0 aliphatic heterocycles. The van der Waals surface area contributed by atoms with Gasteiger partial charge in [0, 0.05) is 12.0 Å². The van der Waals surface area contributed by atoms with Crippen molar-refractivity contribution in [1.82, 2.24) is 0 Å². The molecule has 3 unspecified atom stereocenters. The zero-order valence-corrected chi connectivity index (χ0v) is 22.0. The van der Waals surface area contributed by atoms with Gasteiger partial charge in [0.05, 0.1) is 13.2 Å². The van der Waals surface area contributed by atoms with Crippen LogP contribution in [-0.2, 0) is 27.7 Å². The summed E-state index contributed by atoms with van der Waals surface area (Å²) in [5.74, 6) is -0.302. The first-order chi connectivity index (χ1) is 14.2. The minimum absolute atomic E-state index is 0. The molecule has 0 aromatic heterocycles. The van der Waals surface area contributed by atoms with Gasteiger partial charge in [0.25, 0.3) is 0 Å². The summed E-state index contributed by atoms with van der Waals surface area (Å²) in [5.41, 5.74) is 0. The van der Waals surface area contributed by atoms with Crippen molar-refractivity contribution in [3.63, 3.8) is 0 Å². The second-order valence-corrected chi connectivity index (χ2v) is 9.85. The van der Waals surface area contributed by atoms with Crippen LogP contribution in [0.3, 0.4) is 0 Å². The Morgan fingerprint density at radius 2 is 1.42 bits per heavy atom. The molecule has 31 heavy (non-hydrogen) atoms. The molecule has 0 radical (unpaired) electrons. The fraction of sp³-hybridized carbons (Fsp3) is 0.870. The van der Waals surface area contributed by atoms with Gasteiger partial charge in [0.2, 0.25) is 6.29 Å². The topological polar surface area (TPSA) is 71.1 Å². The summed E-state index contributed by atoms with van der Waals surface area (Å²) in [6.07, 6.45) is 8.26. The van der Waals surface area contributed by atoms with Crippen molar-refractivity contribution in [2.24, 2.45) is 17.8 Å². The Bertz CT molecular complexity index is 497. The molecule has 0 bridgehead atoms. The summed E-state index contributed by atoms with van der Waals surface area (Å²) in [7, 11) is -3.91. The molecule has 0 heterocycles. The minimum atomic E-state index is -3.91. The first-order valence-electron chi connectivity index (χ1n) is 11.7. The van der Waals surface area contributed by atoms with E-state index in [0.717, 1.165) is 57.4 Å². The second kappa shape index (κ2) is 19.4. The number of rotatable bonds is 19. The third kappa shape index (κ3) is 15.4. The Morgan fingerprint density at radius 3 is 1.74 bits per heavy atom. The number of ether oxygens (including phenoxy) is 1. The Morgan fingerprint density at radius 1 is 0.968 bits per heavy atom. The van der Waals surface area contributed by atoms with Crippen LogP contribution in [0.1, 0.15) is 94.3 Å². The average Bonchev–Trinajstić information content (AvgIpc) is 2.73. The molecule has 3 atom stereocenters. The van der Waals surface area contributed by atoms with Crippen LogP contribution in [0.2, 0.25) is 0 Å². The molecule has 0 aliphatic carbocycles. The number of phosphoric ester groups is 1. The van der Waals surface area contributed by atoms with Gasteiger partial charge in [-0.15, -0.1) is 0 Å². The summed E-state index contributed by atoms with van der Waals surface area (Å²) in [6.45, 7) is 16.1. The van der Waals surface area contributed by atoms with Crippen molar-refractivity contribution in [3.8, 4) is 0 Å². The summed E-state index contributed by atoms with van der Waals surface area (Å²) < 4.78 is 36.0. The number of hydrogen-bond acceptors (Lipinski definition) is 6. The van der Waals surface area contributed by atoms with E-state index in [0.29, 0.717) is 13.2 Å². The van der Waals surface area contributed by atoms with Gasteiger partial charge in [-0.25, -0.2) is 13.9 Å². The number of unbranched alkanes of at least 4 members (excludes halogenated alkanes) is 2. The zero-order chi connectivity index (χ0) is 23.0. The fourth-order valence-corrected chi connectivity index (χ4v) is 4.38. The molecule has 6 nitrogen and oxygen atoms in total. The van der Waals surface area contributed by atoms with Gasteiger partial charge in [-0.3, -0.25) is 9.05 Å². The van der Waals surface area contributed by atoms with Gasteiger partial charge < -0.3 is 6.16 Å². The third-order valence-electron chi connectivity index (χ3n) is 5.20. The van der Waals surface area contributed by atoms with Crippen LogP contribution in [0, 0.1) is 17.8 Å². The van der Waals surface area contributed by atoms with E-state index in [-0.39, 0.29) is 38.0 Å². The van der Waals surface area contributed by atoms with Crippen LogP contribution >= 0.6 is 7.82 Å². The van der Waals surface area contributed by atoms with Crippen LogP contribution in [-0.4, -0.2) is 25.5 Å². The van der Waals surface area contributed by atoms with Gasteiger partial charge in [-0.2, -0.15) is 0 Å². The molecule has 0 N–H and O–H groups in total. The van der Waals surface area contributed by atoms with E-state index in [1.807, 2.05) is 13.8 Å². The summed E-state index contributed by atoms with van der Waals surface area (Å²) in [4.78, 5) is 11.7. The van der Waals surface area contributed by atoms with E-state index in [1.54, 1.807) is 0 Å². The van der Waals surface area contributed by atoms with E-state index in [4.69, 9.17) is 18.3 Å². The number of phosphoric acid groups is 1. The van der Waals surface area contributed by atoms with Crippen LogP contribution in [0.25, 0.3) is 0 Å². The molecule has 0 saturated heterocycles. The van der Waals surface area contributed by atoms with Crippen LogP contribution < -0.4 is 18.9 Å². The number of carbonyl (C=O) groups is 1. The monoisotopic (exact) mass is 456 g/mol. The summed E-state index contributed by atoms with van der Waals surface area (Å²) in [6, 6.07) is 0. The van der Waals surface area contributed by atoms with E-state index in [1.165, 1.54) is 0 Å². The van der Waals surface area contributed by atoms with E-state index in [2.05, 4.69) is 34.3 Å². The van der Waals surface area contributed by atoms with Crippen molar-refractivity contribution in [2.75, 3.05) is 13.2 Å². The molecule has 0 amide bonds. The Balaban J connectivity index is -0.00000420. The van der Waals surface area contributed by atoms with Gasteiger partial charge in [0.1, 0.15) is 0 Å². The van der Waals surface area contributed by atoms with Crippen molar-refractivity contribution >= 4 is 13.8 Å². The molecule has 0 fully saturated rings. The maximum atomic E-state index is 13.5. The van der Waals surface area contributed by atoms with E-state index in [9.17, 15) is 9.36 Å². The maximum Gasteiger partial charge on any atom is 1.00 e. The largest absolute Gasteiger partial charge is 1.00 e. The Hall–Kier alpha value is -0.0826. The van der Waals surface area contributed by atoms with Crippen molar-refractivity contribution in [1.29, 1.82) is 0 Å². The minimum Gasteiger partial charge on any atom is -1.00 e. The standard InChI is InChI=1S/C23H45O6P.Li.H/c1-8-13-15-20(10-3)17-26-30(25,27-18-21(11-4)16-14-9-2)29-23(19(6)7)28-22(24)12-5;;/h12,19-21,23H,5,8-11,13-18H2,1-4,6-7H3;;/q;+1;-1. The van der Waals surface area contributed by atoms with E-state index >= 15 is 0 Å². The predicted molar refractivity (Wildman–Crippen MR) is 123 cm³/mol. The van der Waals surface area contributed by atoms with Crippen LogP contribution in [0.5, 0.6) is 0 Å². The molecule has 8 heteroatoms. The van der Waals surface area contributed by atoms with Gasteiger partial charge in [-0.1, -0.05) is 86.6 Å². The number of carbonyl (C=O) groups excluding carboxylic acids is 1. The second-order valence-electron chi connectivity index (χ2n) is 8.23. The molecule has 0 rings (SSSR count). The Labute approximate surface area is 204 Å². The normalized spacial score (nSPS) is 16.1. The van der Waals surface area contributed by atoms with E-state index < -0.39 is 20.1 Å². The molecule has 180 valence electrons. The quantitative estimate of drug-likeness (QED) is 0.0943. The molecule has 0 aromatic carbocycles. The molecule has 0 spiro atoms. The summed E-state index contributed by atoms with van der Waals surface area (Å²) in [5, 5.41) is 0. The number of hydrogen-bond donors (Lipinski definition) is 0. The summed E-state index contributed by atoms with van der Waals surface area (Å²) >= 11 is 0.